The molecular weight excluding hydrogens is 524 g/mol. The molecule has 0 unspecified atom stereocenters. The van der Waals surface area contributed by atoms with E-state index in [1.807, 2.05) is 6.07 Å². The molecule has 0 aromatic heterocycles. The largest absolute Gasteiger partial charge is 0.373 e. The van der Waals surface area contributed by atoms with Crippen LogP contribution in [0.15, 0.2) is 54.1 Å². The zero-order valence-electron chi connectivity index (χ0n) is 24.7. The molecule has 42 heavy (non-hydrogen) atoms. The van der Waals surface area contributed by atoms with Crippen LogP contribution in [0.2, 0.25) is 0 Å². The number of carbonyl (C=O) groups excluding carboxylic acids is 1. The molecule has 7 heteroatoms. The molecule has 0 radical (unpaired) electrons. The van der Waals surface area contributed by atoms with Gasteiger partial charge in [-0.15, -0.1) is 0 Å². The van der Waals surface area contributed by atoms with Crippen molar-refractivity contribution in [1.82, 2.24) is 0 Å². The number of nitro groups is 1. The number of fused-ring (bicyclic) bond motifs is 4. The van der Waals surface area contributed by atoms with Crippen molar-refractivity contribution >= 4 is 44.9 Å². The number of allylic oxidation sites excluding steroid dienone is 1. The van der Waals surface area contributed by atoms with E-state index in [4.69, 9.17) is 0 Å². The van der Waals surface area contributed by atoms with Crippen molar-refractivity contribution in [2.75, 3.05) is 41.3 Å². The lowest BCUT2D eigenvalue weighted by Gasteiger charge is -2.42. The lowest BCUT2D eigenvalue weighted by molar-refractivity contribution is -0.384. The molecule has 2 fully saturated rings. The van der Waals surface area contributed by atoms with Crippen LogP contribution in [0.1, 0.15) is 82.4 Å². The monoisotopic (exact) mass is 564 g/mol. The van der Waals surface area contributed by atoms with E-state index in [0.717, 1.165) is 115 Å². The maximum Gasteiger partial charge on any atom is 0.293 e. The van der Waals surface area contributed by atoms with Crippen LogP contribution in [0.25, 0.3) is 16.3 Å². The summed E-state index contributed by atoms with van der Waals surface area (Å²) in [4.78, 5) is 31.2. The molecule has 1 atom stereocenters. The van der Waals surface area contributed by atoms with Gasteiger partial charge in [-0.05, 0) is 78.8 Å². The number of nitrogens with one attached hydrogen (secondary N) is 1. The Morgan fingerprint density at radius 1 is 0.857 bits per heavy atom. The van der Waals surface area contributed by atoms with Gasteiger partial charge < -0.3 is 15.1 Å². The minimum absolute atomic E-state index is 0.143. The van der Waals surface area contributed by atoms with Crippen molar-refractivity contribution in [3.05, 3.63) is 75.3 Å². The molecule has 0 saturated carbocycles. The summed E-state index contributed by atoms with van der Waals surface area (Å²) >= 11 is 0. The first-order chi connectivity index (χ1) is 20.3. The van der Waals surface area contributed by atoms with Gasteiger partial charge >= 0.3 is 0 Å². The minimum atomic E-state index is -0.441. The zero-order chi connectivity index (χ0) is 29.0. The van der Waals surface area contributed by atoms with Gasteiger partial charge in [0.15, 0.2) is 5.78 Å². The van der Waals surface area contributed by atoms with Crippen LogP contribution in [0.3, 0.4) is 0 Å². The number of anilines is 3. The fourth-order valence-electron chi connectivity index (χ4n) is 7.83. The highest BCUT2D eigenvalue weighted by Gasteiger charge is 2.42. The maximum atomic E-state index is 14.1. The Morgan fingerprint density at radius 3 is 2.21 bits per heavy atom. The van der Waals surface area contributed by atoms with Crippen molar-refractivity contribution in [2.24, 2.45) is 5.41 Å². The Kier molecular flexibility index (Phi) is 6.71. The fourth-order valence-corrected chi connectivity index (χ4v) is 7.83. The number of nitrogens with zero attached hydrogens (tertiary/aromatic N) is 3. The quantitative estimate of drug-likeness (QED) is 0.255. The normalized spacial score (nSPS) is 22.0. The Labute approximate surface area is 247 Å². The summed E-state index contributed by atoms with van der Waals surface area (Å²) in [5.41, 5.74) is 6.58. The number of piperidine rings is 2. The summed E-state index contributed by atoms with van der Waals surface area (Å²) in [7, 11) is 0. The highest BCUT2D eigenvalue weighted by molar-refractivity contribution is 6.13. The molecule has 7 nitrogen and oxygen atoms in total. The van der Waals surface area contributed by atoms with Crippen LogP contribution in [0.5, 0.6) is 0 Å². The zero-order valence-corrected chi connectivity index (χ0v) is 24.7. The van der Waals surface area contributed by atoms with Crippen molar-refractivity contribution in [3.63, 3.8) is 0 Å². The molecular formula is C35H40N4O3. The Balaban J connectivity index is 1.47. The van der Waals surface area contributed by atoms with Crippen molar-refractivity contribution in [1.29, 1.82) is 0 Å². The van der Waals surface area contributed by atoms with E-state index >= 15 is 0 Å². The molecule has 2 saturated heterocycles. The third-order valence-corrected chi connectivity index (χ3v) is 9.76. The van der Waals surface area contributed by atoms with Gasteiger partial charge in [-0.25, -0.2) is 0 Å². The number of Topliss-reactive ketones (excluding diaryl/α,β-unsaturated/α-hetero) is 1. The highest BCUT2D eigenvalue weighted by Crippen LogP contribution is 2.54. The van der Waals surface area contributed by atoms with Crippen molar-refractivity contribution in [2.45, 2.75) is 71.3 Å². The summed E-state index contributed by atoms with van der Waals surface area (Å²) in [6.07, 6.45) is 7.92. The predicted molar refractivity (Wildman–Crippen MR) is 170 cm³/mol. The van der Waals surface area contributed by atoms with E-state index in [1.165, 1.54) is 6.42 Å². The number of nitro benzene ring substituents is 1. The van der Waals surface area contributed by atoms with Crippen LogP contribution in [-0.2, 0) is 4.79 Å². The SMILES string of the molecule is CC1(C)CC(=O)C2=C(C1)c1c(ccc3ccccc13)N[C@@H]2c1cc([N+](=O)[O-])c(N2CCCCC2)cc1N1CCCCC1. The van der Waals surface area contributed by atoms with E-state index in [9.17, 15) is 14.9 Å². The summed E-state index contributed by atoms with van der Waals surface area (Å²) in [5, 5.41) is 18.7. The van der Waals surface area contributed by atoms with Crippen LogP contribution in [0.4, 0.5) is 22.7 Å². The molecule has 218 valence electrons. The van der Waals surface area contributed by atoms with E-state index in [2.05, 4.69) is 65.4 Å². The first-order valence-electron chi connectivity index (χ1n) is 15.7. The molecule has 1 N–H and O–H groups in total. The van der Waals surface area contributed by atoms with Crippen LogP contribution in [-0.4, -0.2) is 36.9 Å². The van der Waals surface area contributed by atoms with Crippen molar-refractivity contribution < 1.29 is 9.72 Å². The topological polar surface area (TPSA) is 78.7 Å². The van der Waals surface area contributed by atoms with E-state index in [-0.39, 0.29) is 21.8 Å². The van der Waals surface area contributed by atoms with Gasteiger partial charge in [-0.1, -0.05) is 44.2 Å². The fraction of sp³-hybridized carbons (Fsp3) is 0.457. The van der Waals surface area contributed by atoms with Crippen LogP contribution in [0, 0.1) is 15.5 Å². The molecule has 0 bridgehead atoms. The Hall–Kier alpha value is -3.87. The third-order valence-electron chi connectivity index (χ3n) is 9.76. The molecule has 3 aromatic carbocycles. The van der Waals surface area contributed by atoms with Gasteiger partial charge in [-0.2, -0.15) is 0 Å². The highest BCUT2D eigenvalue weighted by atomic mass is 16.6. The van der Waals surface area contributed by atoms with Crippen LogP contribution < -0.4 is 15.1 Å². The van der Waals surface area contributed by atoms with Gasteiger partial charge in [-0.3, -0.25) is 14.9 Å². The number of hydrogen-bond donors (Lipinski definition) is 1. The number of carbonyl (C=O) groups is 1. The number of rotatable bonds is 4. The number of benzene rings is 3. The van der Waals surface area contributed by atoms with Gasteiger partial charge in [0, 0.05) is 66.7 Å². The molecule has 0 spiro atoms. The molecule has 3 aliphatic heterocycles. The summed E-state index contributed by atoms with van der Waals surface area (Å²) in [5.74, 6) is 0.143. The van der Waals surface area contributed by atoms with E-state index in [0.29, 0.717) is 6.42 Å². The summed E-state index contributed by atoms with van der Waals surface area (Å²) in [6.45, 7) is 7.87. The second-order valence-electron chi connectivity index (χ2n) is 13.4. The lowest BCUT2D eigenvalue weighted by atomic mass is 9.67. The summed E-state index contributed by atoms with van der Waals surface area (Å²) in [6, 6.07) is 16.1. The number of hydrogen-bond acceptors (Lipinski definition) is 6. The molecule has 4 aliphatic rings. The van der Waals surface area contributed by atoms with E-state index in [1.54, 1.807) is 6.07 Å². The maximum absolute atomic E-state index is 14.1. The second-order valence-corrected chi connectivity index (χ2v) is 13.4. The third kappa shape index (κ3) is 4.63. The first kappa shape index (κ1) is 27.0. The minimum Gasteiger partial charge on any atom is -0.373 e. The molecule has 1 aliphatic carbocycles. The molecule has 3 aromatic rings. The van der Waals surface area contributed by atoms with Gasteiger partial charge in [0.25, 0.3) is 5.69 Å². The molecule has 0 amide bonds. The number of ketones is 1. The smallest absolute Gasteiger partial charge is 0.293 e. The molecule has 3 heterocycles. The summed E-state index contributed by atoms with van der Waals surface area (Å²) < 4.78 is 0. The average Bonchev–Trinajstić information content (AvgIpc) is 3.00. The van der Waals surface area contributed by atoms with Gasteiger partial charge in [0.1, 0.15) is 5.69 Å². The average molecular weight is 565 g/mol. The first-order valence-corrected chi connectivity index (χ1v) is 15.7. The Bertz CT molecular complexity index is 1610. The Morgan fingerprint density at radius 2 is 1.52 bits per heavy atom. The second kappa shape index (κ2) is 10.4. The van der Waals surface area contributed by atoms with Crippen molar-refractivity contribution in [3.8, 4) is 0 Å². The van der Waals surface area contributed by atoms with Gasteiger partial charge in [0.05, 0.1) is 11.0 Å². The standard InChI is InChI=1S/C35H40N4O3/c1-35(2)21-26-32-24-12-6-5-11-23(24)13-14-27(32)36-34(33(26)31(40)22-35)25-19-30(39(41)42)29(38-17-9-4-10-18-38)20-28(25)37-15-7-3-8-16-37/h5-6,11-14,19-20,34,36H,3-4,7-10,15-18,21-22H2,1-2H3/t34-/m1/s1. The lowest BCUT2D eigenvalue weighted by Crippen LogP contribution is -2.36. The van der Waals surface area contributed by atoms with Gasteiger partial charge in [0.2, 0.25) is 0 Å². The van der Waals surface area contributed by atoms with Crippen LogP contribution >= 0.6 is 0 Å². The molecule has 7 rings (SSSR count). The van der Waals surface area contributed by atoms with E-state index < -0.39 is 6.04 Å². The predicted octanol–water partition coefficient (Wildman–Crippen LogP) is 8.04.